The third kappa shape index (κ3) is 6.08. The maximum absolute atomic E-state index is 12.2. The topological polar surface area (TPSA) is 71.2 Å². The van der Waals surface area contributed by atoms with Crippen LogP contribution in [0.4, 0.5) is 5.69 Å². The Hall–Kier alpha value is -0.880. The molecule has 0 radical (unpaired) electrons. The number of halogens is 2. The fourth-order valence-corrected chi connectivity index (χ4v) is 2.79. The number of nitrogens with two attached hydrogens (primary N) is 1. The number of nitrogens with one attached hydrogen (secondary N) is 1. The van der Waals surface area contributed by atoms with Crippen molar-refractivity contribution >= 4 is 11.6 Å². The van der Waals surface area contributed by atoms with Crippen molar-refractivity contribution in [2.75, 3.05) is 11.9 Å². The minimum atomic E-state index is 0. The summed E-state index contributed by atoms with van der Waals surface area (Å²) in [5.74, 6) is 6.26. The Labute approximate surface area is 144 Å². The number of hydrogen-bond donors (Lipinski definition) is 2. The lowest BCUT2D eigenvalue weighted by Gasteiger charge is -2.33. The molecule has 1 aromatic rings. The van der Waals surface area contributed by atoms with Gasteiger partial charge in [-0.1, -0.05) is 6.92 Å². The van der Waals surface area contributed by atoms with Crippen LogP contribution < -0.4 is 36.0 Å². The van der Waals surface area contributed by atoms with Crippen molar-refractivity contribution in [2.24, 2.45) is 11.8 Å². The first-order chi connectivity index (χ1) is 9.70. The molecular formula is C15H24Cl2N4O-2. The van der Waals surface area contributed by atoms with E-state index in [-0.39, 0.29) is 36.6 Å². The van der Waals surface area contributed by atoms with Gasteiger partial charge in [0.25, 0.3) is 0 Å². The molecule has 126 valence electrons. The number of amides is 1. The quantitative estimate of drug-likeness (QED) is 0.423. The van der Waals surface area contributed by atoms with E-state index in [2.05, 4.69) is 17.2 Å². The Morgan fingerprint density at radius 2 is 1.86 bits per heavy atom. The summed E-state index contributed by atoms with van der Waals surface area (Å²) in [6.07, 6.45) is 8.28. The minimum absolute atomic E-state index is 0. The lowest BCUT2D eigenvalue weighted by Crippen LogP contribution is -3.00. The number of carbonyl (C=O) groups is 1. The van der Waals surface area contributed by atoms with Crippen molar-refractivity contribution in [2.45, 2.75) is 45.1 Å². The van der Waals surface area contributed by atoms with Crippen LogP contribution in [-0.2, 0) is 4.79 Å². The minimum Gasteiger partial charge on any atom is -1.00 e. The zero-order valence-electron chi connectivity index (χ0n) is 12.8. The van der Waals surface area contributed by atoms with Gasteiger partial charge in [0.05, 0.1) is 0 Å². The number of carbonyl (C=O) groups excluding carboxylic acids is 1. The van der Waals surface area contributed by atoms with Gasteiger partial charge in [-0.05, 0) is 44.2 Å². The van der Waals surface area contributed by atoms with Gasteiger partial charge in [0.1, 0.15) is 0 Å². The molecule has 0 bridgehead atoms. The van der Waals surface area contributed by atoms with E-state index in [4.69, 9.17) is 5.84 Å². The number of aromatic nitrogens is 1. The van der Waals surface area contributed by atoms with E-state index < -0.39 is 0 Å². The first-order valence-corrected chi connectivity index (χ1v) is 7.43. The van der Waals surface area contributed by atoms with Crippen molar-refractivity contribution in [1.82, 2.24) is 9.99 Å². The number of hydrogen-bond acceptors (Lipinski definition) is 4. The first kappa shape index (κ1) is 21.1. The van der Waals surface area contributed by atoms with Crippen molar-refractivity contribution in [1.29, 1.82) is 0 Å². The van der Waals surface area contributed by atoms with Crippen molar-refractivity contribution in [3.63, 3.8) is 0 Å². The van der Waals surface area contributed by atoms with Gasteiger partial charge in [-0.2, -0.15) is 0 Å². The summed E-state index contributed by atoms with van der Waals surface area (Å²) in [5.41, 5.74) is 0.818. The Morgan fingerprint density at radius 3 is 2.41 bits per heavy atom. The normalized spacial score (nSPS) is 20.7. The highest BCUT2D eigenvalue weighted by Gasteiger charge is 2.28. The standard InChI is InChI=1S/C15H24N4O.2ClH/c1-2-11-19(16)14-5-3-12(4-6-14)15(20)18-13-7-9-17-10-8-13;;/h7-10,12,14H,2-6,11,16H2,1H3,(H,17,18,20);2*1H/p-2. The van der Waals surface area contributed by atoms with Crippen LogP contribution in [0.1, 0.15) is 39.0 Å². The molecule has 0 saturated heterocycles. The fourth-order valence-electron chi connectivity index (χ4n) is 2.79. The first-order valence-electron chi connectivity index (χ1n) is 7.43. The lowest BCUT2D eigenvalue weighted by atomic mass is 9.85. The summed E-state index contributed by atoms with van der Waals surface area (Å²) in [7, 11) is 0. The molecule has 0 spiro atoms. The van der Waals surface area contributed by atoms with Gasteiger partial charge in [0.2, 0.25) is 5.91 Å². The van der Waals surface area contributed by atoms with Gasteiger partial charge in [0.15, 0.2) is 0 Å². The molecule has 0 aliphatic heterocycles. The molecule has 7 heteroatoms. The average molecular weight is 347 g/mol. The molecule has 3 N–H and O–H groups in total. The van der Waals surface area contributed by atoms with Crippen molar-refractivity contribution in [3.8, 4) is 0 Å². The van der Waals surface area contributed by atoms with Crippen molar-refractivity contribution < 1.29 is 29.6 Å². The number of pyridine rings is 1. The number of hydrazine groups is 1. The Bertz CT molecular complexity index is 425. The fraction of sp³-hybridized carbons (Fsp3) is 0.600. The molecule has 1 amide bonds. The Balaban J connectivity index is 0.00000220. The molecule has 1 saturated carbocycles. The highest BCUT2D eigenvalue weighted by molar-refractivity contribution is 5.92. The molecule has 1 aliphatic carbocycles. The van der Waals surface area contributed by atoms with E-state index in [1.54, 1.807) is 12.4 Å². The van der Waals surface area contributed by atoms with Crippen molar-refractivity contribution in [3.05, 3.63) is 24.5 Å². The van der Waals surface area contributed by atoms with Crippen LogP contribution in [-0.4, -0.2) is 28.5 Å². The molecule has 2 rings (SSSR count). The summed E-state index contributed by atoms with van der Waals surface area (Å²) >= 11 is 0. The smallest absolute Gasteiger partial charge is 0.227 e. The molecule has 0 atom stereocenters. The molecule has 0 unspecified atom stereocenters. The van der Waals surface area contributed by atoms with Gasteiger partial charge in [0, 0.05) is 36.6 Å². The van der Waals surface area contributed by atoms with E-state index in [0.717, 1.165) is 44.3 Å². The maximum Gasteiger partial charge on any atom is 0.227 e. The van der Waals surface area contributed by atoms with E-state index in [0.29, 0.717) is 6.04 Å². The molecule has 5 nitrogen and oxygen atoms in total. The predicted molar refractivity (Wildman–Crippen MR) is 79.8 cm³/mol. The van der Waals surface area contributed by atoms with E-state index >= 15 is 0 Å². The van der Waals surface area contributed by atoms with E-state index in [1.165, 1.54) is 0 Å². The van der Waals surface area contributed by atoms with Gasteiger partial charge < -0.3 is 30.1 Å². The van der Waals surface area contributed by atoms with Gasteiger partial charge >= 0.3 is 0 Å². The summed E-state index contributed by atoms with van der Waals surface area (Å²) in [6.45, 7) is 3.06. The largest absolute Gasteiger partial charge is 1.00 e. The van der Waals surface area contributed by atoms with Crippen LogP contribution >= 0.6 is 0 Å². The van der Waals surface area contributed by atoms with Gasteiger partial charge in [-0.15, -0.1) is 0 Å². The third-order valence-electron chi connectivity index (χ3n) is 3.97. The molecule has 1 aromatic heterocycles. The average Bonchev–Trinajstić information content (AvgIpc) is 2.48. The third-order valence-corrected chi connectivity index (χ3v) is 3.97. The summed E-state index contributed by atoms with van der Waals surface area (Å²) < 4.78 is 0. The summed E-state index contributed by atoms with van der Waals surface area (Å²) in [4.78, 5) is 16.1. The maximum atomic E-state index is 12.2. The van der Waals surface area contributed by atoms with Crippen LogP contribution in [0.25, 0.3) is 0 Å². The zero-order chi connectivity index (χ0) is 14.4. The van der Waals surface area contributed by atoms with E-state index in [1.807, 2.05) is 17.1 Å². The molecule has 1 aliphatic rings. The SMILES string of the molecule is CCCN(N)C1CCC(C(=O)Nc2ccncc2)CC1.[Cl-].[Cl-]. The number of nitrogens with zero attached hydrogens (tertiary/aromatic N) is 2. The second-order valence-electron chi connectivity index (χ2n) is 5.47. The van der Waals surface area contributed by atoms with Crippen LogP contribution in [0.2, 0.25) is 0 Å². The van der Waals surface area contributed by atoms with E-state index in [9.17, 15) is 4.79 Å². The molecule has 1 heterocycles. The summed E-state index contributed by atoms with van der Waals surface area (Å²) in [5, 5.41) is 4.90. The second kappa shape index (κ2) is 10.8. The lowest BCUT2D eigenvalue weighted by molar-refractivity contribution is -0.121. The Kier molecular flexibility index (Phi) is 10.3. The van der Waals surface area contributed by atoms with Crippen LogP contribution in [0.5, 0.6) is 0 Å². The highest BCUT2D eigenvalue weighted by atomic mass is 35.5. The highest BCUT2D eigenvalue weighted by Crippen LogP contribution is 2.27. The van der Waals surface area contributed by atoms with Crippen LogP contribution in [0, 0.1) is 5.92 Å². The van der Waals surface area contributed by atoms with Gasteiger partial charge in [-0.3, -0.25) is 15.6 Å². The van der Waals surface area contributed by atoms with Crippen LogP contribution in [0.15, 0.2) is 24.5 Å². The second-order valence-corrected chi connectivity index (χ2v) is 5.47. The zero-order valence-corrected chi connectivity index (χ0v) is 14.4. The van der Waals surface area contributed by atoms with Crippen LogP contribution in [0.3, 0.4) is 0 Å². The monoisotopic (exact) mass is 346 g/mol. The Morgan fingerprint density at radius 1 is 1.27 bits per heavy atom. The molecule has 1 fully saturated rings. The number of anilines is 1. The predicted octanol–water partition coefficient (Wildman–Crippen LogP) is -3.83. The molecular weight excluding hydrogens is 323 g/mol. The molecule has 22 heavy (non-hydrogen) atoms. The molecule has 0 aromatic carbocycles. The van der Waals surface area contributed by atoms with Gasteiger partial charge in [-0.25, -0.2) is 5.01 Å². The number of rotatable bonds is 5. The summed E-state index contributed by atoms with van der Waals surface area (Å²) in [6, 6.07) is 4.05.